The molecule has 130 valence electrons. The Kier molecular flexibility index (Phi) is 4.88. The Hall–Kier alpha value is -1.91. The first-order valence-corrected chi connectivity index (χ1v) is 8.78. The minimum Gasteiger partial charge on any atom is -0.342 e. The van der Waals surface area contributed by atoms with E-state index in [0.29, 0.717) is 24.3 Å². The van der Waals surface area contributed by atoms with Crippen LogP contribution in [0.25, 0.3) is 0 Å². The molecule has 0 aliphatic carbocycles. The molecule has 3 atom stereocenters. The maximum absolute atomic E-state index is 14.4. The molecule has 2 fully saturated rings. The van der Waals surface area contributed by atoms with Crippen LogP contribution < -0.4 is 0 Å². The van der Waals surface area contributed by atoms with Crippen LogP contribution in [0, 0.1) is 17.7 Å². The summed E-state index contributed by atoms with van der Waals surface area (Å²) < 4.78 is 14.4. The molecule has 5 heteroatoms. The van der Waals surface area contributed by atoms with E-state index in [9.17, 15) is 14.0 Å². The summed E-state index contributed by atoms with van der Waals surface area (Å²) in [6.07, 6.45) is 3.00. The predicted octanol–water partition coefficient (Wildman–Crippen LogP) is 2.99. The van der Waals surface area contributed by atoms with Crippen LogP contribution in [-0.2, 0) is 9.59 Å². The zero-order valence-electron chi connectivity index (χ0n) is 14.4. The smallest absolute Gasteiger partial charge is 0.228 e. The first-order valence-electron chi connectivity index (χ1n) is 8.78. The average Bonchev–Trinajstić information content (AvgIpc) is 2.57. The molecule has 2 amide bonds. The molecular weight excluding hydrogens is 307 g/mol. The van der Waals surface area contributed by atoms with Crippen molar-refractivity contribution in [1.29, 1.82) is 0 Å². The molecule has 0 spiro atoms. The monoisotopic (exact) mass is 332 g/mol. The lowest BCUT2D eigenvalue weighted by Crippen LogP contribution is -2.49. The Balaban J connectivity index is 1.90. The highest BCUT2D eigenvalue weighted by Crippen LogP contribution is 2.38. The summed E-state index contributed by atoms with van der Waals surface area (Å²) in [4.78, 5) is 28.7. The molecule has 1 aromatic rings. The van der Waals surface area contributed by atoms with Gasteiger partial charge in [-0.15, -0.1) is 0 Å². The SMILES string of the molecule is C[C@@H]1CCCN(C(=O)[C@@H]2CCC(=O)N(C)[C@H]2c2ccccc2F)C1. The quantitative estimate of drug-likeness (QED) is 0.835. The Bertz CT molecular complexity index is 634. The van der Waals surface area contributed by atoms with Crippen LogP contribution in [0.5, 0.6) is 0 Å². The summed E-state index contributed by atoms with van der Waals surface area (Å²) in [5.41, 5.74) is 0.441. The van der Waals surface area contributed by atoms with Gasteiger partial charge in [0.1, 0.15) is 5.82 Å². The second-order valence-corrected chi connectivity index (χ2v) is 7.15. The molecule has 1 aromatic carbocycles. The van der Waals surface area contributed by atoms with E-state index in [-0.39, 0.29) is 23.5 Å². The van der Waals surface area contributed by atoms with E-state index in [2.05, 4.69) is 6.92 Å². The standard InChI is InChI=1S/C19H25FN2O2/c1-13-6-5-11-22(12-13)19(24)15-9-10-17(23)21(2)18(15)14-7-3-4-8-16(14)20/h3-4,7-8,13,15,18H,5-6,9-12H2,1-2H3/t13-,15-,18+/m1/s1. The summed E-state index contributed by atoms with van der Waals surface area (Å²) in [7, 11) is 1.68. The van der Waals surface area contributed by atoms with Crippen molar-refractivity contribution in [3.8, 4) is 0 Å². The van der Waals surface area contributed by atoms with E-state index in [1.165, 1.54) is 6.07 Å². The van der Waals surface area contributed by atoms with Crippen molar-refractivity contribution >= 4 is 11.8 Å². The largest absolute Gasteiger partial charge is 0.342 e. The maximum atomic E-state index is 14.4. The number of likely N-dealkylation sites (tertiary alicyclic amines) is 2. The first kappa shape index (κ1) is 16.9. The minimum absolute atomic E-state index is 0.0284. The van der Waals surface area contributed by atoms with E-state index in [1.54, 1.807) is 30.1 Å². The van der Waals surface area contributed by atoms with Crippen LogP contribution in [0.4, 0.5) is 4.39 Å². The summed E-state index contributed by atoms with van der Waals surface area (Å²) in [5, 5.41) is 0. The zero-order chi connectivity index (χ0) is 17.3. The van der Waals surface area contributed by atoms with Gasteiger partial charge in [-0.1, -0.05) is 25.1 Å². The van der Waals surface area contributed by atoms with Gasteiger partial charge in [0, 0.05) is 32.1 Å². The topological polar surface area (TPSA) is 40.6 Å². The number of halogens is 1. The highest BCUT2D eigenvalue weighted by Gasteiger charge is 2.42. The van der Waals surface area contributed by atoms with Gasteiger partial charge in [-0.05, 0) is 31.2 Å². The van der Waals surface area contributed by atoms with Crippen molar-refractivity contribution in [3.05, 3.63) is 35.6 Å². The Morgan fingerprint density at radius 1 is 1.25 bits per heavy atom. The summed E-state index contributed by atoms with van der Waals surface area (Å²) in [6.45, 7) is 3.68. The van der Waals surface area contributed by atoms with Gasteiger partial charge in [0.2, 0.25) is 11.8 Å². The second-order valence-electron chi connectivity index (χ2n) is 7.15. The predicted molar refractivity (Wildman–Crippen MR) is 89.6 cm³/mol. The first-order chi connectivity index (χ1) is 11.5. The van der Waals surface area contributed by atoms with Crippen LogP contribution >= 0.6 is 0 Å². The van der Waals surface area contributed by atoms with Crippen LogP contribution in [0.1, 0.15) is 44.2 Å². The van der Waals surface area contributed by atoms with Gasteiger partial charge in [-0.25, -0.2) is 4.39 Å². The van der Waals surface area contributed by atoms with E-state index in [1.807, 2.05) is 4.90 Å². The molecule has 0 aromatic heterocycles. The molecule has 0 N–H and O–H groups in total. The lowest BCUT2D eigenvalue weighted by atomic mass is 9.82. The lowest BCUT2D eigenvalue weighted by Gasteiger charge is -2.42. The van der Waals surface area contributed by atoms with Crippen molar-refractivity contribution in [2.75, 3.05) is 20.1 Å². The summed E-state index contributed by atoms with van der Waals surface area (Å²) >= 11 is 0. The van der Waals surface area contributed by atoms with E-state index in [0.717, 1.165) is 25.9 Å². The van der Waals surface area contributed by atoms with E-state index < -0.39 is 6.04 Å². The molecule has 0 saturated carbocycles. The number of carbonyl (C=O) groups is 2. The lowest BCUT2D eigenvalue weighted by molar-refractivity contribution is -0.147. The van der Waals surface area contributed by atoms with Gasteiger partial charge < -0.3 is 9.80 Å². The van der Waals surface area contributed by atoms with Crippen molar-refractivity contribution in [1.82, 2.24) is 9.80 Å². The molecule has 2 heterocycles. The van der Waals surface area contributed by atoms with Crippen molar-refractivity contribution in [2.24, 2.45) is 11.8 Å². The van der Waals surface area contributed by atoms with E-state index in [4.69, 9.17) is 0 Å². The van der Waals surface area contributed by atoms with Crippen LogP contribution in [0.2, 0.25) is 0 Å². The van der Waals surface area contributed by atoms with Crippen molar-refractivity contribution < 1.29 is 14.0 Å². The Morgan fingerprint density at radius 3 is 2.71 bits per heavy atom. The number of carbonyl (C=O) groups excluding carboxylic acids is 2. The molecule has 0 unspecified atom stereocenters. The van der Waals surface area contributed by atoms with Crippen LogP contribution in [0.15, 0.2) is 24.3 Å². The van der Waals surface area contributed by atoms with Crippen molar-refractivity contribution in [3.63, 3.8) is 0 Å². The van der Waals surface area contributed by atoms with Gasteiger partial charge in [-0.3, -0.25) is 9.59 Å². The third kappa shape index (κ3) is 3.17. The van der Waals surface area contributed by atoms with Gasteiger partial charge in [0.25, 0.3) is 0 Å². The summed E-state index contributed by atoms with van der Waals surface area (Å²) in [6, 6.07) is 5.96. The third-order valence-corrected chi connectivity index (χ3v) is 5.37. The average molecular weight is 332 g/mol. The van der Waals surface area contributed by atoms with Gasteiger partial charge in [-0.2, -0.15) is 0 Å². The van der Waals surface area contributed by atoms with Gasteiger partial charge >= 0.3 is 0 Å². The number of amides is 2. The Labute approximate surface area is 142 Å². The fourth-order valence-electron chi connectivity index (χ4n) is 4.06. The van der Waals surface area contributed by atoms with E-state index >= 15 is 0 Å². The molecule has 0 bridgehead atoms. The number of hydrogen-bond donors (Lipinski definition) is 0. The van der Waals surface area contributed by atoms with Gasteiger partial charge in [0.05, 0.1) is 12.0 Å². The highest BCUT2D eigenvalue weighted by molar-refractivity contribution is 5.85. The molecule has 4 nitrogen and oxygen atoms in total. The van der Waals surface area contributed by atoms with Crippen molar-refractivity contribution in [2.45, 2.75) is 38.6 Å². The fraction of sp³-hybridized carbons (Fsp3) is 0.579. The van der Waals surface area contributed by atoms with Crippen LogP contribution in [0.3, 0.4) is 0 Å². The number of rotatable bonds is 2. The highest BCUT2D eigenvalue weighted by atomic mass is 19.1. The Morgan fingerprint density at radius 2 is 2.00 bits per heavy atom. The number of hydrogen-bond acceptors (Lipinski definition) is 2. The molecule has 24 heavy (non-hydrogen) atoms. The van der Waals surface area contributed by atoms with Gasteiger partial charge in [0.15, 0.2) is 0 Å². The minimum atomic E-state index is -0.516. The molecule has 2 saturated heterocycles. The molecule has 3 rings (SSSR count). The fourth-order valence-corrected chi connectivity index (χ4v) is 4.06. The molecular formula is C19H25FN2O2. The van der Waals surface area contributed by atoms with Crippen LogP contribution in [-0.4, -0.2) is 41.8 Å². The maximum Gasteiger partial charge on any atom is 0.228 e. The normalized spacial score (nSPS) is 28.1. The number of benzene rings is 1. The second kappa shape index (κ2) is 6.91. The molecule has 2 aliphatic heterocycles. The summed E-state index contributed by atoms with van der Waals surface area (Å²) in [5.74, 6) is -0.185. The number of piperidine rings is 2. The third-order valence-electron chi connectivity index (χ3n) is 5.37. The zero-order valence-corrected chi connectivity index (χ0v) is 14.4. The number of nitrogens with zero attached hydrogens (tertiary/aromatic N) is 2. The molecule has 2 aliphatic rings. The molecule has 0 radical (unpaired) electrons.